The predicted octanol–water partition coefficient (Wildman–Crippen LogP) is 1.42. The first-order chi connectivity index (χ1) is 8.28. The monoisotopic (exact) mass is 253 g/mol. The molecule has 2 rings (SSSR count). The zero-order chi connectivity index (χ0) is 12.1. The topological polar surface area (TPSA) is 32.5 Å². The second kappa shape index (κ2) is 6.36. The van der Waals surface area contributed by atoms with Gasteiger partial charge in [0.05, 0.1) is 0 Å². The number of piperazine rings is 1. The summed E-state index contributed by atoms with van der Waals surface area (Å²) in [4.78, 5) is 4.90. The van der Waals surface area contributed by atoms with Crippen LogP contribution in [-0.2, 0) is 6.54 Å². The highest BCUT2D eigenvalue weighted by molar-refractivity contribution is 6.30. The van der Waals surface area contributed by atoms with Crippen LogP contribution in [0.2, 0.25) is 5.02 Å². The lowest BCUT2D eigenvalue weighted by atomic mass is 10.2. The quantitative estimate of drug-likeness (QED) is 0.881. The van der Waals surface area contributed by atoms with Gasteiger partial charge >= 0.3 is 0 Å². The summed E-state index contributed by atoms with van der Waals surface area (Å²) in [7, 11) is 0. The Morgan fingerprint density at radius 3 is 2.47 bits per heavy atom. The average molecular weight is 254 g/mol. The number of hydrogen-bond acceptors (Lipinski definition) is 3. The van der Waals surface area contributed by atoms with Crippen LogP contribution in [0.15, 0.2) is 24.3 Å². The molecule has 0 aliphatic carbocycles. The maximum atomic E-state index is 5.99. The minimum atomic E-state index is 0.758. The van der Waals surface area contributed by atoms with Gasteiger partial charge in [0.2, 0.25) is 0 Å². The smallest absolute Gasteiger partial charge is 0.0409 e. The van der Waals surface area contributed by atoms with Gasteiger partial charge in [0.25, 0.3) is 0 Å². The lowest BCUT2D eigenvalue weighted by Crippen LogP contribution is -2.47. The van der Waals surface area contributed by atoms with Crippen LogP contribution in [0.25, 0.3) is 0 Å². The van der Waals surface area contributed by atoms with Crippen LogP contribution < -0.4 is 5.73 Å². The van der Waals surface area contributed by atoms with Crippen LogP contribution in [0.1, 0.15) is 5.56 Å². The highest BCUT2D eigenvalue weighted by Crippen LogP contribution is 2.13. The summed E-state index contributed by atoms with van der Waals surface area (Å²) in [5, 5.41) is 0.823. The molecule has 0 amide bonds. The van der Waals surface area contributed by atoms with Crippen molar-refractivity contribution in [3.8, 4) is 0 Å². The molecular formula is C13H20ClN3. The molecule has 0 radical (unpaired) electrons. The van der Waals surface area contributed by atoms with E-state index in [2.05, 4.69) is 15.9 Å². The molecule has 1 saturated heterocycles. The van der Waals surface area contributed by atoms with E-state index in [1.807, 2.05) is 18.2 Å². The second-order valence-electron chi connectivity index (χ2n) is 4.54. The van der Waals surface area contributed by atoms with Gasteiger partial charge in [-0.15, -0.1) is 0 Å². The minimum Gasteiger partial charge on any atom is -0.329 e. The van der Waals surface area contributed by atoms with Gasteiger partial charge in [-0.2, -0.15) is 0 Å². The van der Waals surface area contributed by atoms with Crippen molar-refractivity contribution in [2.75, 3.05) is 39.3 Å². The van der Waals surface area contributed by atoms with Crippen LogP contribution >= 0.6 is 11.6 Å². The van der Waals surface area contributed by atoms with Crippen molar-refractivity contribution in [3.63, 3.8) is 0 Å². The molecule has 0 spiro atoms. The Kier molecular flexibility index (Phi) is 4.80. The summed E-state index contributed by atoms with van der Waals surface area (Å²) in [6.07, 6.45) is 0. The van der Waals surface area contributed by atoms with Crippen molar-refractivity contribution in [1.29, 1.82) is 0 Å². The van der Waals surface area contributed by atoms with Gasteiger partial charge in [-0.25, -0.2) is 0 Å². The molecule has 2 N–H and O–H groups in total. The molecule has 17 heavy (non-hydrogen) atoms. The number of rotatable bonds is 4. The van der Waals surface area contributed by atoms with E-state index in [1.165, 1.54) is 5.56 Å². The SMILES string of the molecule is NCCN1CCN(Cc2cccc(Cl)c2)CC1. The molecule has 0 bridgehead atoms. The molecule has 0 unspecified atom stereocenters. The summed E-state index contributed by atoms with van der Waals surface area (Å²) < 4.78 is 0. The molecule has 1 aliphatic heterocycles. The first kappa shape index (κ1) is 12.8. The molecule has 94 valence electrons. The lowest BCUT2D eigenvalue weighted by Gasteiger charge is -2.34. The van der Waals surface area contributed by atoms with Gasteiger partial charge in [0.15, 0.2) is 0 Å². The molecule has 0 atom stereocenters. The third-order valence-electron chi connectivity index (χ3n) is 3.21. The van der Waals surface area contributed by atoms with Crippen LogP contribution in [0.3, 0.4) is 0 Å². The molecule has 0 saturated carbocycles. The highest BCUT2D eigenvalue weighted by atomic mass is 35.5. The van der Waals surface area contributed by atoms with Crippen molar-refractivity contribution in [2.24, 2.45) is 5.73 Å². The first-order valence-corrected chi connectivity index (χ1v) is 6.55. The fourth-order valence-electron chi connectivity index (χ4n) is 2.25. The van der Waals surface area contributed by atoms with E-state index in [9.17, 15) is 0 Å². The fourth-order valence-corrected chi connectivity index (χ4v) is 2.46. The Bertz CT molecular complexity index is 348. The summed E-state index contributed by atoms with van der Waals surface area (Å²) >= 11 is 5.99. The van der Waals surface area contributed by atoms with Crippen molar-refractivity contribution < 1.29 is 0 Å². The molecule has 4 heteroatoms. The van der Waals surface area contributed by atoms with E-state index in [0.717, 1.165) is 50.8 Å². The molecule has 1 aliphatic rings. The van der Waals surface area contributed by atoms with Crippen LogP contribution in [0, 0.1) is 0 Å². The minimum absolute atomic E-state index is 0.758. The Hall–Kier alpha value is -0.610. The maximum Gasteiger partial charge on any atom is 0.0409 e. The normalized spacial score (nSPS) is 18.5. The highest BCUT2D eigenvalue weighted by Gasteiger charge is 2.15. The van der Waals surface area contributed by atoms with Gasteiger partial charge < -0.3 is 5.73 Å². The first-order valence-electron chi connectivity index (χ1n) is 6.17. The Balaban J connectivity index is 1.82. The van der Waals surface area contributed by atoms with Gasteiger partial charge in [-0.05, 0) is 17.7 Å². The van der Waals surface area contributed by atoms with Crippen molar-refractivity contribution in [2.45, 2.75) is 6.54 Å². The zero-order valence-electron chi connectivity index (χ0n) is 10.1. The van der Waals surface area contributed by atoms with Crippen LogP contribution in [0.4, 0.5) is 0 Å². The summed E-state index contributed by atoms with van der Waals surface area (Å²) in [5.41, 5.74) is 6.86. The van der Waals surface area contributed by atoms with Crippen LogP contribution in [-0.4, -0.2) is 49.1 Å². The number of nitrogens with zero attached hydrogens (tertiary/aromatic N) is 2. The third-order valence-corrected chi connectivity index (χ3v) is 3.44. The van der Waals surface area contributed by atoms with E-state index in [-0.39, 0.29) is 0 Å². The Morgan fingerprint density at radius 1 is 1.12 bits per heavy atom. The number of benzene rings is 1. The predicted molar refractivity (Wildman–Crippen MR) is 72.2 cm³/mol. The summed E-state index contributed by atoms with van der Waals surface area (Å²) in [5.74, 6) is 0. The molecule has 1 fully saturated rings. The van der Waals surface area contributed by atoms with Gasteiger partial charge in [0, 0.05) is 50.8 Å². The largest absolute Gasteiger partial charge is 0.329 e. The van der Waals surface area contributed by atoms with E-state index >= 15 is 0 Å². The average Bonchev–Trinajstić information content (AvgIpc) is 2.32. The molecule has 1 aromatic rings. The maximum absolute atomic E-state index is 5.99. The van der Waals surface area contributed by atoms with Crippen LogP contribution in [0.5, 0.6) is 0 Å². The fraction of sp³-hybridized carbons (Fsp3) is 0.538. The lowest BCUT2D eigenvalue weighted by molar-refractivity contribution is 0.130. The van der Waals surface area contributed by atoms with E-state index < -0.39 is 0 Å². The standard InChI is InChI=1S/C13H20ClN3/c14-13-3-1-2-12(10-13)11-17-8-6-16(5-4-15)7-9-17/h1-3,10H,4-9,11,15H2. The summed E-state index contributed by atoms with van der Waals surface area (Å²) in [6, 6.07) is 8.12. The molecule has 3 nitrogen and oxygen atoms in total. The van der Waals surface area contributed by atoms with Crippen molar-refractivity contribution >= 4 is 11.6 Å². The van der Waals surface area contributed by atoms with Gasteiger partial charge in [-0.3, -0.25) is 9.80 Å². The molecule has 1 aromatic carbocycles. The Labute approximate surface area is 108 Å². The van der Waals surface area contributed by atoms with E-state index in [1.54, 1.807) is 0 Å². The summed E-state index contributed by atoms with van der Waals surface area (Å²) in [6.45, 7) is 7.25. The van der Waals surface area contributed by atoms with E-state index in [4.69, 9.17) is 17.3 Å². The Morgan fingerprint density at radius 2 is 1.82 bits per heavy atom. The molecule has 0 aromatic heterocycles. The van der Waals surface area contributed by atoms with Gasteiger partial charge in [-0.1, -0.05) is 23.7 Å². The number of nitrogens with two attached hydrogens (primary N) is 1. The number of halogens is 1. The van der Waals surface area contributed by atoms with Gasteiger partial charge in [0.1, 0.15) is 0 Å². The van der Waals surface area contributed by atoms with Crippen molar-refractivity contribution in [1.82, 2.24) is 9.80 Å². The van der Waals surface area contributed by atoms with Crippen molar-refractivity contribution in [3.05, 3.63) is 34.9 Å². The zero-order valence-corrected chi connectivity index (χ0v) is 10.9. The third kappa shape index (κ3) is 3.96. The second-order valence-corrected chi connectivity index (χ2v) is 4.97. The van der Waals surface area contributed by atoms with E-state index in [0.29, 0.717) is 0 Å². The molecule has 1 heterocycles. The number of hydrogen-bond donors (Lipinski definition) is 1. The molecular weight excluding hydrogens is 234 g/mol.